The minimum atomic E-state index is -1.82. The lowest BCUT2D eigenvalue weighted by atomic mass is 9.83. The van der Waals surface area contributed by atoms with Crippen LogP contribution in [-0.2, 0) is 19.3 Å². The number of carbonyl (C=O) groups excluding carboxylic acids is 1. The molecule has 1 aromatic carbocycles. The number of nitrogens with one attached hydrogen (secondary N) is 1. The van der Waals surface area contributed by atoms with Crippen LogP contribution < -0.4 is 4.72 Å². The van der Waals surface area contributed by atoms with Crippen molar-refractivity contribution in [2.24, 2.45) is 11.1 Å². The molecule has 1 saturated heterocycles. The van der Waals surface area contributed by atoms with Crippen molar-refractivity contribution in [2.45, 2.75) is 64.0 Å². The molecule has 0 amide bonds. The molecule has 4 atom stereocenters. The summed E-state index contributed by atoms with van der Waals surface area (Å²) in [6, 6.07) is 8.38. The predicted molar refractivity (Wildman–Crippen MR) is 125 cm³/mol. The highest BCUT2D eigenvalue weighted by Crippen LogP contribution is 2.55. The van der Waals surface area contributed by atoms with Gasteiger partial charge in [0.15, 0.2) is 5.84 Å². The van der Waals surface area contributed by atoms with E-state index in [1.54, 1.807) is 6.92 Å². The van der Waals surface area contributed by atoms with Crippen LogP contribution in [0.2, 0.25) is 0 Å². The largest absolute Gasteiger partial charge is 0.461 e. The van der Waals surface area contributed by atoms with E-state index in [9.17, 15) is 9.35 Å². The maximum absolute atomic E-state index is 13.0. The molecular formula is C23H31N3O5S. The van der Waals surface area contributed by atoms with Crippen molar-refractivity contribution in [1.82, 2.24) is 9.29 Å². The number of thiol groups is 1. The van der Waals surface area contributed by atoms with E-state index in [1.807, 2.05) is 10.6 Å². The third-order valence-corrected chi connectivity index (χ3v) is 7.61. The molecule has 1 saturated carbocycles. The van der Waals surface area contributed by atoms with Gasteiger partial charge in [-0.15, -0.1) is 0 Å². The van der Waals surface area contributed by atoms with Crippen LogP contribution in [-0.4, -0.2) is 39.7 Å². The summed E-state index contributed by atoms with van der Waals surface area (Å²) < 4.78 is 31.3. The van der Waals surface area contributed by atoms with Gasteiger partial charge in [-0.05, 0) is 80.8 Å². The summed E-state index contributed by atoms with van der Waals surface area (Å²) in [4.78, 5) is 13.0. The number of rotatable bonds is 5. The highest BCUT2D eigenvalue weighted by Gasteiger charge is 2.60. The molecule has 5 rings (SSSR count). The van der Waals surface area contributed by atoms with Crippen LogP contribution in [0.5, 0.6) is 0 Å². The molecule has 1 aromatic heterocycles. The minimum Gasteiger partial charge on any atom is -0.461 e. The van der Waals surface area contributed by atoms with Gasteiger partial charge in [0.2, 0.25) is 0 Å². The molecule has 1 aliphatic carbocycles. The van der Waals surface area contributed by atoms with Crippen molar-refractivity contribution in [3.8, 4) is 0 Å². The van der Waals surface area contributed by atoms with Crippen LogP contribution in [0.3, 0.4) is 0 Å². The summed E-state index contributed by atoms with van der Waals surface area (Å²) in [6.07, 6.45) is 2.74. The van der Waals surface area contributed by atoms with Gasteiger partial charge in [-0.3, -0.25) is 13.6 Å². The van der Waals surface area contributed by atoms with E-state index in [0.29, 0.717) is 24.1 Å². The molecule has 8 nitrogen and oxygen atoms in total. The fraction of sp³-hybridized carbons (Fsp3) is 0.565. The Balaban J connectivity index is 1.61. The smallest absolute Gasteiger partial charge is 0.355 e. The maximum Gasteiger partial charge on any atom is 0.355 e. The number of ether oxygens (including phenoxy) is 2. The molecule has 32 heavy (non-hydrogen) atoms. The first-order valence-electron chi connectivity index (χ1n) is 11.2. The molecule has 3 heterocycles. The van der Waals surface area contributed by atoms with Crippen molar-refractivity contribution in [2.75, 3.05) is 13.2 Å². The molecule has 174 valence electrons. The first-order valence-corrected chi connectivity index (χ1v) is 12.4. The Morgan fingerprint density at radius 2 is 2.16 bits per heavy atom. The standard InChI is InChI=1S/C23H31N3O5S/c1-5-29-20(27)19-11-17-10-15(16-8-9-30-22(3,4)13-16)6-7-18(17)26(19)23(12-14(23)2)21-24-31-32(28)25-21/h6-7,10-11,14,16,28,32H,5,8-9,12-13H2,1-4H3,(H,24,25)/t14-,16-,23-/m0/s1. The molecule has 9 heteroatoms. The van der Waals surface area contributed by atoms with Crippen LogP contribution in [0.4, 0.5) is 0 Å². The number of oxime groups is 1. The van der Waals surface area contributed by atoms with Gasteiger partial charge in [0, 0.05) is 17.5 Å². The van der Waals surface area contributed by atoms with Gasteiger partial charge in [0.05, 0.1) is 12.2 Å². The zero-order chi connectivity index (χ0) is 22.7. The molecule has 0 radical (unpaired) electrons. The van der Waals surface area contributed by atoms with Gasteiger partial charge in [-0.2, -0.15) is 0 Å². The maximum atomic E-state index is 13.0. The molecule has 0 spiro atoms. The highest BCUT2D eigenvalue weighted by molar-refractivity contribution is 8.06. The summed E-state index contributed by atoms with van der Waals surface area (Å²) >= 11 is -1.82. The second-order valence-corrected chi connectivity index (χ2v) is 10.6. The first-order chi connectivity index (χ1) is 15.2. The fourth-order valence-corrected chi connectivity index (χ4v) is 5.95. The summed E-state index contributed by atoms with van der Waals surface area (Å²) in [5.74, 6) is 0.843. The van der Waals surface area contributed by atoms with Crippen molar-refractivity contribution >= 4 is 34.4 Å². The quantitative estimate of drug-likeness (QED) is 0.450. The number of carbonyl (C=O) groups is 1. The number of amidine groups is 1. The predicted octanol–water partition coefficient (Wildman–Crippen LogP) is 4.46. The monoisotopic (exact) mass is 461 g/mol. The van der Waals surface area contributed by atoms with E-state index in [0.717, 1.165) is 36.8 Å². The summed E-state index contributed by atoms with van der Waals surface area (Å²) in [5.41, 5.74) is 2.01. The van der Waals surface area contributed by atoms with E-state index in [1.165, 1.54) is 5.56 Å². The lowest BCUT2D eigenvalue weighted by Crippen LogP contribution is -2.38. The van der Waals surface area contributed by atoms with E-state index < -0.39 is 17.2 Å². The van der Waals surface area contributed by atoms with E-state index in [2.05, 4.69) is 48.8 Å². The van der Waals surface area contributed by atoms with Gasteiger partial charge in [0.1, 0.15) is 11.2 Å². The lowest BCUT2D eigenvalue weighted by Gasteiger charge is -2.35. The zero-order valence-corrected chi connectivity index (χ0v) is 19.8. The average molecular weight is 462 g/mol. The van der Waals surface area contributed by atoms with E-state index >= 15 is 0 Å². The second-order valence-electron chi connectivity index (χ2n) is 9.64. The Labute approximate surface area is 190 Å². The number of benzene rings is 1. The molecule has 2 aromatic rings. The van der Waals surface area contributed by atoms with E-state index in [4.69, 9.17) is 13.8 Å². The number of aromatic nitrogens is 1. The molecule has 0 bridgehead atoms. The Morgan fingerprint density at radius 3 is 2.78 bits per heavy atom. The second kappa shape index (κ2) is 7.67. The number of fused-ring (bicyclic) bond motifs is 1. The molecular weight excluding hydrogens is 430 g/mol. The molecule has 3 aliphatic rings. The lowest BCUT2D eigenvalue weighted by molar-refractivity contribution is -0.0592. The molecule has 2 N–H and O–H groups in total. The zero-order valence-electron chi connectivity index (χ0n) is 18.9. The molecule has 1 unspecified atom stereocenters. The summed E-state index contributed by atoms with van der Waals surface area (Å²) in [7, 11) is 0. The van der Waals surface area contributed by atoms with Crippen molar-refractivity contribution in [3.05, 3.63) is 35.5 Å². The Morgan fingerprint density at radius 1 is 1.38 bits per heavy atom. The normalized spacial score (nSPS) is 32.2. The number of esters is 1. The summed E-state index contributed by atoms with van der Waals surface area (Å²) in [6.45, 7) is 9.25. The SMILES string of the molecule is CCOC(=O)c1cc2cc([C@H]3CCOC(C)(C)C3)ccc2n1[C@@]1(C2=NO[SH](O)N2)C[C@@H]1C. The minimum absolute atomic E-state index is 0.137. The Kier molecular flexibility index (Phi) is 5.18. The Bertz CT molecular complexity index is 1100. The third kappa shape index (κ3) is 3.47. The third-order valence-electron chi connectivity index (χ3n) is 6.97. The van der Waals surface area contributed by atoms with Gasteiger partial charge in [-0.1, -0.05) is 24.6 Å². The number of hydrogen-bond acceptors (Lipinski definition) is 7. The van der Waals surface area contributed by atoms with Crippen LogP contribution in [0.15, 0.2) is 29.4 Å². The fourth-order valence-electron chi connectivity index (χ4n) is 5.33. The number of hydrogen-bond donors (Lipinski definition) is 3. The highest BCUT2D eigenvalue weighted by atomic mass is 32.2. The van der Waals surface area contributed by atoms with E-state index in [-0.39, 0.29) is 17.5 Å². The van der Waals surface area contributed by atoms with Gasteiger partial charge < -0.3 is 14.0 Å². The van der Waals surface area contributed by atoms with Crippen molar-refractivity contribution in [3.63, 3.8) is 0 Å². The molecule has 2 aliphatic heterocycles. The van der Waals surface area contributed by atoms with Crippen molar-refractivity contribution < 1.29 is 23.1 Å². The van der Waals surface area contributed by atoms with Crippen LogP contribution >= 0.6 is 11.6 Å². The van der Waals surface area contributed by atoms with Gasteiger partial charge in [0.25, 0.3) is 0 Å². The molecule has 2 fully saturated rings. The van der Waals surface area contributed by atoms with Gasteiger partial charge in [-0.25, -0.2) is 4.79 Å². The number of nitrogens with zero attached hydrogens (tertiary/aromatic N) is 2. The Hall–Kier alpha value is -2.23. The van der Waals surface area contributed by atoms with Crippen LogP contribution in [0.25, 0.3) is 10.9 Å². The van der Waals surface area contributed by atoms with Crippen LogP contribution in [0.1, 0.15) is 68.9 Å². The average Bonchev–Trinajstić information content (AvgIpc) is 3.08. The van der Waals surface area contributed by atoms with Crippen molar-refractivity contribution in [1.29, 1.82) is 0 Å². The van der Waals surface area contributed by atoms with Gasteiger partial charge >= 0.3 is 5.97 Å². The summed E-state index contributed by atoms with van der Waals surface area (Å²) in [5, 5.41) is 5.11. The van der Waals surface area contributed by atoms with Crippen LogP contribution in [0, 0.1) is 5.92 Å². The topological polar surface area (TPSA) is 94.3 Å². The first kappa shape index (κ1) is 21.6.